The third-order valence-corrected chi connectivity index (χ3v) is 2.96. The van der Waals surface area contributed by atoms with Crippen molar-refractivity contribution in [1.82, 2.24) is 0 Å². The van der Waals surface area contributed by atoms with E-state index < -0.39 is 0 Å². The van der Waals surface area contributed by atoms with E-state index in [0.717, 1.165) is 16.9 Å². The molecule has 0 radical (unpaired) electrons. The van der Waals surface area contributed by atoms with Crippen LogP contribution in [0.5, 0.6) is 0 Å². The van der Waals surface area contributed by atoms with Gasteiger partial charge in [0.1, 0.15) is 0 Å². The molecule has 1 rings (SSSR count). The Labute approximate surface area is 83.8 Å². The Balaban J connectivity index is 2.60. The van der Waals surface area contributed by atoms with E-state index in [-0.39, 0.29) is 0 Å². The molecule has 0 aliphatic heterocycles. The van der Waals surface area contributed by atoms with E-state index in [0.29, 0.717) is 0 Å². The number of benzene rings is 1. The van der Waals surface area contributed by atoms with E-state index in [9.17, 15) is 0 Å². The van der Waals surface area contributed by atoms with Crippen LogP contribution in [0.3, 0.4) is 0 Å². The Morgan fingerprint density at radius 1 is 1.38 bits per heavy atom. The smallest absolute Gasteiger partial charge is 0.0994 e. The molecule has 68 valence electrons. The molecule has 0 spiro atoms. The van der Waals surface area contributed by atoms with Crippen molar-refractivity contribution < 1.29 is 0 Å². The molecular weight excluding hydrogens is 178 g/mol. The topological polar surface area (TPSA) is 23.8 Å². The number of hydrogen-bond acceptors (Lipinski definition) is 2. The molecule has 0 N–H and O–H groups in total. The normalized spacial score (nSPS) is 9.54. The third-order valence-electron chi connectivity index (χ3n) is 1.74. The molecule has 0 heterocycles. The van der Waals surface area contributed by atoms with Crippen molar-refractivity contribution in [2.45, 2.75) is 19.1 Å². The van der Waals surface area contributed by atoms with Crippen LogP contribution >= 0.6 is 11.8 Å². The summed E-state index contributed by atoms with van der Waals surface area (Å²) >= 11 is 1.88. The predicted molar refractivity (Wildman–Crippen MR) is 57.6 cm³/mol. The average molecular weight is 191 g/mol. The van der Waals surface area contributed by atoms with Gasteiger partial charge in [-0.25, -0.2) is 0 Å². The Bertz CT molecular complexity index is 301. The molecule has 0 aliphatic rings. The summed E-state index contributed by atoms with van der Waals surface area (Å²) in [5.74, 6) is 2.12. The summed E-state index contributed by atoms with van der Waals surface area (Å²) in [6.45, 7) is 2.17. The molecule has 0 saturated carbocycles. The first kappa shape index (κ1) is 10.1. The third kappa shape index (κ3) is 3.12. The van der Waals surface area contributed by atoms with E-state index in [1.54, 1.807) is 0 Å². The zero-order valence-electron chi connectivity index (χ0n) is 7.79. The van der Waals surface area contributed by atoms with Gasteiger partial charge in [0, 0.05) is 5.75 Å². The van der Waals surface area contributed by atoms with Crippen molar-refractivity contribution in [1.29, 1.82) is 5.26 Å². The van der Waals surface area contributed by atoms with Gasteiger partial charge in [-0.2, -0.15) is 17.0 Å². The van der Waals surface area contributed by atoms with Crippen molar-refractivity contribution in [2.24, 2.45) is 0 Å². The maximum Gasteiger partial charge on any atom is 0.0994 e. The van der Waals surface area contributed by atoms with Crippen LogP contribution in [-0.4, -0.2) is 5.75 Å². The molecule has 2 heteroatoms. The largest absolute Gasteiger partial charge is 0.192 e. The average Bonchev–Trinajstić information content (AvgIpc) is 2.19. The van der Waals surface area contributed by atoms with E-state index in [4.69, 9.17) is 5.26 Å². The molecular formula is C11H13NS. The monoisotopic (exact) mass is 191 g/mol. The maximum absolute atomic E-state index is 8.82. The van der Waals surface area contributed by atoms with Crippen molar-refractivity contribution in [3.8, 4) is 6.07 Å². The highest BCUT2D eigenvalue weighted by Crippen LogP contribution is 2.16. The summed E-state index contributed by atoms with van der Waals surface area (Å²) in [4.78, 5) is 0. The van der Waals surface area contributed by atoms with Gasteiger partial charge in [-0.15, -0.1) is 0 Å². The molecule has 1 aromatic carbocycles. The van der Waals surface area contributed by atoms with Crippen molar-refractivity contribution in [3.63, 3.8) is 0 Å². The minimum Gasteiger partial charge on any atom is -0.192 e. The van der Waals surface area contributed by atoms with Gasteiger partial charge in [0.05, 0.1) is 11.6 Å². The zero-order chi connectivity index (χ0) is 9.52. The highest BCUT2D eigenvalue weighted by atomic mass is 32.2. The number of hydrogen-bond donors (Lipinski definition) is 0. The lowest BCUT2D eigenvalue weighted by Crippen LogP contribution is -1.87. The minimum absolute atomic E-state index is 0.811. The Kier molecular flexibility index (Phi) is 4.42. The van der Waals surface area contributed by atoms with Gasteiger partial charge in [0.25, 0.3) is 0 Å². The highest BCUT2D eigenvalue weighted by molar-refractivity contribution is 7.98. The van der Waals surface area contributed by atoms with Crippen LogP contribution in [0.15, 0.2) is 24.3 Å². The van der Waals surface area contributed by atoms with Gasteiger partial charge in [-0.3, -0.25) is 0 Å². The first-order valence-electron chi connectivity index (χ1n) is 4.44. The van der Waals surface area contributed by atoms with Gasteiger partial charge in [-0.05, 0) is 23.8 Å². The fourth-order valence-corrected chi connectivity index (χ4v) is 1.99. The minimum atomic E-state index is 0.811. The fraction of sp³-hybridized carbons (Fsp3) is 0.364. The van der Waals surface area contributed by atoms with Crippen molar-refractivity contribution in [2.75, 3.05) is 5.75 Å². The van der Waals surface area contributed by atoms with Crippen LogP contribution in [-0.2, 0) is 5.75 Å². The summed E-state index contributed by atoms with van der Waals surface area (Å²) in [7, 11) is 0. The second-order valence-electron chi connectivity index (χ2n) is 2.82. The lowest BCUT2D eigenvalue weighted by molar-refractivity contribution is 1.10. The van der Waals surface area contributed by atoms with Gasteiger partial charge < -0.3 is 0 Å². The first-order valence-corrected chi connectivity index (χ1v) is 5.59. The molecule has 0 aliphatic carbocycles. The van der Waals surface area contributed by atoms with E-state index >= 15 is 0 Å². The van der Waals surface area contributed by atoms with Gasteiger partial charge in [0.15, 0.2) is 0 Å². The Hall–Kier alpha value is -0.940. The number of nitrogens with zero attached hydrogens (tertiary/aromatic N) is 1. The summed E-state index contributed by atoms with van der Waals surface area (Å²) in [5.41, 5.74) is 1.97. The summed E-state index contributed by atoms with van der Waals surface area (Å²) < 4.78 is 0. The van der Waals surface area contributed by atoms with Crippen molar-refractivity contribution in [3.05, 3.63) is 35.4 Å². The van der Waals surface area contributed by atoms with Gasteiger partial charge >= 0.3 is 0 Å². The first-order chi connectivity index (χ1) is 6.38. The zero-order valence-corrected chi connectivity index (χ0v) is 8.60. The SMILES string of the molecule is CCCSCc1ccccc1C#N. The summed E-state index contributed by atoms with van der Waals surface area (Å²) in [6.07, 6.45) is 1.19. The molecule has 0 aromatic heterocycles. The van der Waals surface area contributed by atoms with Gasteiger partial charge in [0.2, 0.25) is 0 Å². The van der Waals surface area contributed by atoms with Crippen LogP contribution in [0, 0.1) is 11.3 Å². The molecule has 0 atom stereocenters. The Morgan fingerprint density at radius 3 is 2.85 bits per heavy atom. The molecule has 0 fully saturated rings. The van der Waals surface area contributed by atoms with Crippen LogP contribution < -0.4 is 0 Å². The molecule has 1 nitrogen and oxygen atoms in total. The Morgan fingerprint density at radius 2 is 2.15 bits per heavy atom. The number of nitriles is 1. The lowest BCUT2D eigenvalue weighted by atomic mass is 10.1. The summed E-state index contributed by atoms with van der Waals surface area (Å²) in [5, 5.41) is 8.82. The second-order valence-corrected chi connectivity index (χ2v) is 3.93. The number of thioether (sulfide) groups is 1. The lowest BCUT2D eigenvalue weighted by Gasteiger charge is -2.01. The van der Waals surface area contributed by atoms with E-state index in [1.165, 1.54) is 12.2 Å². The highest BCUT2D eigenvalue weighted by Gasteiger charge is 1.99. The molecule has 0 amide bonds. The van der Waals surface area contributed by atoms with E-state index in [1.807, 2.05) is 36.0 Å². The fourth-order valence-electron chi connectivity index (χ4n) is 1.08. The van der Waals surface area contributed by atoms with Crippen LogP contribution in [0.2, 0.25) is 0 Å². The van der Waals surface area contributed by atoms with Gasteiger partial charge in [-0.1, -0.05) is 25.1 Å². The quantitative estimate of drug-likeness (QED) is 0.682. The molecule has 0 unspecified atom stereocenters. The van der Waals surface area contributed by atoms with Crippen LogP contribution in [0.4, 0.5) is 0 Å². The van der Waals surface area contributed by atoms with Crippen molar-refractivity contribution >= 4 is 11.8 Å². The number of rotatable bonds is 4. The van der Waals surface area contributed by atoms with E-state index in [2.05, 4.69) is 13.0 Å². The summed E-state index contributed by atoms with van der Waals surface area (Å²) in [6, 6.07) is 10.0. The standard InChI is InChI=1S/C11H13NS/c1-2-7-13-9-11-6-4-3-5-10(11)8-12/h3-6H,2,7,9H2,1H3. The van der Waals surface area contributed by atoms with Crippen LogP contribution in [0.1, 0.15) is 24.5 Å². The molecule has 13 heavy (non-hydrogen) atoms. The molecule has 0 bridgehead atoms. The maximum atomic E-state index is 8.82. The molecule has 0 saturated heterocycles. The predicted octanol–water partition coefficient (Wildman–Crippen LogP) is 3.20. The second kappa shape index (κ2) is 5.66. The van der Waals surface area contributed by atoms with Crippen LogP contribution in [0.25, 0.3) is 0 Å². The molecule has 1 aromatic rings.